The molecule has 1 N–H and O–H groups in total. The third-order valence-corrected chi connectivity index (χ3v) is 5.42. The van der Waals surface area contributed by atoms with Gasteiger partial charge in [0.25, 0.3) is 0 Å². The molecule has 4 nitrogen and oxygen atoms in total. The fourth-order valence-corrected chi connectivity index (χ4v) is 3.70. The van der Waals surface area contributed by atoms with Gasteiger partial charge in [0, 0.05) is 31.1 Å². The second kappa shape index (κ2) is 7.99. The number of hydrogen-bond acceptors (Lipinski definition) is 3. The van der Waals surface area contributed by atoms with E-state index in [1.165, 1.54) is 6.07 Å². The highest BCUT2D eigenvalue weighted by Gasteiger charge is 2.23. The molecule has 2 aromatic carbocycles. The van der Waals surface area contributed by atoms with Crippen LogP contribution in [0.5, 0.6) is 5.75 Å². The quantitative estimate of drug-likeness (QED) is 0.565. The first-order valence-corrected chi connectivity index (χ1v) is 9.61. The predicted octanol–water partition coefficient (Wildman–Crippen LogP) is 4.86. The maximum Gasteiger partial charge on any atom is 0.224 e. The van der Waals surface area contributed by atoms with Crippen LogP contribution >= 0.6 is 11.6 Å². The van der Waals surface area contributed by atoms with Crippen LogP contribution < -0.4 is 15.0 Å². The summed E-state index contributed by atoms with van der Waals surface area (Å²) in [6.07, 6.45) is 3.23. The molecule has 0 unspecified atom stereocenters. The number of benzene rings is 2. The van der Waals surface area contributed by atoms with Crippen LogP contribution in [0.4, 0.5) is 24.5 Å². The Morgan fingerprint density at radius 1 is 1.07 bits per heavy atom. The van der Waals surface area contributed by atoms with E-state index in [1.807, 2.05) is 6.08 Å². The molecule has 2 aromatic rings. The van der Waals surface area contributed by atoms with Gasteiger partial charge in [0.15, 0.2) is 0 Å². The van der Waals surface area contributed by atoms with Crippen LogP contribution in [0, 0.1) is 17.5 Å². The molecule has 8 heteroatoms. The Bertz CT molecular complexity index is 1010. The van der Waals surface area contributed by atoms with Crippen LogP contribution in [-0.4, -0.2) is 25.6 Å². The molecule has 0 atom stereocenters. The largest absolute Gasteiger partial charge is 0.489 e. The normalized spacial score (nSPS) is 16.2. The highest BCUT2D eigenvalue weighted by atomic mass is 35.5. The van der Waals surface area contributed by atoms with Crippen molar-refractivity contribution in [2.75, 3.05) is 29.9 Å². The van der Waals surface area contributed by atoms with Crippen LogP contribution in [-0.2, 0) is 11.2 Å². The molecule has 0 saturated heterocycles. The summed E-state index contributed by atoms with van der Waals surface area (Å²) >= 11 is 5.61. The zero-order valence-corrected chi connectivity index (χ0v) is 16.2. The molecule has 152 valence electrons. The first-order valence-electron chi connectivity index (χ1n) is 9.24. The summed E-state index contributed by atoms with van der Waals surface area (Å²) in [7, 11) is 0. The monoisotopic (exact) mass is 422 g/mol. The molecule has 1 amide bonds. The average Bonchev–Trinajstić information content (AvgIpc) is 2.71. The first kappa shape index (κ1) is 19.6. The Hall–Kier alpha value is -2.67. The third kappa shape index (κ3) is 4.05. The number of nitrogens with zero attached hydrogens (tertiary/aromatic N) is 1. The summed E-state index contributed by atoms with van der Waals surface area (Å²) in [5, 5.41) is 2.31. The highest BCUT2D eigenvalue weighted by Crippen LogP contribution is 2.34. The van der Waals surface area contributed by atoms with Crippen molar-refractivity contribution >= 4 is 28.9 Å². The molecule has 2 aliphatic heterocycles. The van der Waals surface area contributed by atoms with Crippen molar-refractivity contribution in [3.8, 4) is 5.75 Å². The molecular weight excluding hydrogens is 405 g/mol. The Morgan fingerprint density at radius 2 is 1.90 bits per heavy atom. The van der Waals surface area contributed by atoms with Crippen LogP contribution in [0.15, 0.2) is 35.9 Å². The smallest absolute Gasteiger partial charge is 0.224 e. The summed E-state index contributed by atoms with van der Waals surface area (Å²) in [6, 6.07) is 4.92. The Kier molecular flexibility index (Phi) is 5.41. The van der Waals surface area contributed by atoms with Crippen LogP contribution in [0.3, 0.4) is 0 Å². The van der Waals surface area contributed by atoms with Gasteiger partial charge in [-0.15, -0.1) is 0 Å². The minimum Gasteiger partial charge on any atom is -0.489 e. The number of carbonyl (C=O) groups excluding carboxylic acids is 1. The maximum atomic E-state index is 14.1. The summed E-state index contributed by atoms with van der Waals surface area (Å²) < 4.78 is 47.6. The number of nitrogens with one attached hydrogen (secondary N) is 1. The summed E-state index contributed by atoms with van der Waals surface area (Å²) in [5.41, 5.74) is 2.02. The molecule has 0 fully saturated rings. The van der Waals surface area contributed by atoms with Crippen molar-refractivity contribution in [2.45, 2.75) is 19.3 Å². The van der Waals surface area contributed by atoms with Crippen LogP contribution in [0.1, 0.15) is 18.4 Å². The minimum absolute atomic E-state index is 0.173. The predicted molar refractivity (Wildman–Crippen MR) is 105 cm³/mol. The van der Waals surface area contributed by atoms with E-state index in [1.54, 1.807) is 11.0 Å². The molecular formula is C21H18ClF3N2O2. The molecule has 0 saturated carbocycles. The van der Waals surface area contributed by atoms with Gasteiger partial charge in [-0.25, -0.2) is 13.2 Å². The second-order valence-corrected chi connectivity index (χ2v) is 7.42. The molecule has 4 rings (SSSR count). The van der Waals surface area contributed by atoms with E-state index in [-0.39, 0.29) is 28.7 Å². The lowest BCUT2D eigenvalue weighted by molar-refractivity contribution is -0.116. The lowest BCUT2D eigenvalue weighted by Crippen LogP contribution is -2.30. The molecule has 0 bridgehead atoms. The molecule has 0 radical (unpaired) electrons. The Morgan fingerprint density at radius 3 is 2.66 bits per heavy atom. The van der Waals surface area contributed by atoms with E-state index in [2.05, 4.69) is 5.32 Å². The summed E-state index contributed by atoms with van der Waals surface area (Å²) in [5.74, 6) is -1.38. The first-order chi connectivity index (χ1) is 13.9. The molecule has 2 heterocycles. The van der Waals surface area contributed by atoms with Gasteiger partial charge in [-0.3, -0.25) is 4.79 Å². The van der Waals surface area contributed by atoms with Crippen molar-refractivity contribution in [1.29, 1.82) is 0 Å². The molecule has 2 aliphatic rings. The van der Waals surface area contributed by atoms with Gasteiger partial charge >= 0.3 is 0 Å². The number of ether oxygens (including phenoxy) is 1. The van der Waals surface area contributed by atoms with E-state index in [0.717, 1.165) is 17.7 Å². The molecule has 29 heavy (non-hydrogen) atoms. The van der Waals surface area contributed by atoms with Crippen molar-refractivity contribution in [3.63, 3.8) is 0 Å². The van der Waals surface area contributed by atoms with E-state index in [0.29, 0.717) is 43.9 Å². The van der Waals surface area contributed by atoms with Crippen LogP contribution in [0.25, 0.3) is 0 Å². The number of rotatable bonds is 4. The maximum absolute atomic E-state index is 14.1. The number of fused-ring (bicyclic) bond motifs is 1. The lowest BCUT2D eigenvalue weighted by Gasteiger charge is -2.29. The number of hydrogen-bond donors (Lipinski definition) is 1. The van der Waals surface area contributed by atoms with Gasteiger partial charge < -0.3 is 15.0 Å². The van der Waals surface area contributed by atoms with E-state index in [4.69, 9.17) is 16.3 Å². The fourth-order valence-electron chi connectivity index (χ4n) is 3.55. The Balaban J connectivity index is 1.43. The number of carbonyl (C=O) groups is 1. The van der Waals surface area contributed by atoms with Gasteiger partial charge in [0.1, 0.15) is 29.8 Å². The highest BCUT2D eigenvalue weighted by molar-refractivity contribution is 6.30. The zero-order chi connectivity index (χ0) is 20.5. The van der Waals surface area contributed by atoms with Crippen molar-refractivity contribution in [2.24, 2.45) is 0 Å². The van der Waals surface area contributed by atoms with Crippen molar-refractivity contribution in [1.82, 2.24) is 0 Å². The van der Waals surface area contributed by atoms with E-state index < -0.39 is 17.5 Å². The standard InChI is InChI=1S/C21H18ClF3N2O2/c22-14-9-17(25)18(10-16(14)24)27-7-5-12(6-8-27)11-29-19-3-2-15(23)21-13(19)1-4-20(28)26-21/h2-3,5,9-10H,1,4,6-8,11H2,(H,26,28). The number of amides is 1. The number of anilines is 2. The Labute approximate surface area is 170 Å². The van der Waals surface area contributed by atoms with Crippen molar-refractivity contribution in [3.05, 3.63) is 64.0 Å². The van der Waals surface area contributed by atoms with Gasteiger partial charge in [-0.1, -0.05) is 17.7 Å². The summed E-state index contributed by atoms with van der Waals surface area (Å²) in [4.78, 5) is 13.2. The van der Waals surface area contributed by atoms with E-state index >= 15 is 0 Å². The zero-order valence-electron chi connectivity index (χ0n) is 15.4. The minimum atomic E-state index is -0.658. The van der Waals surface area contributed by atoms with E-state index in [9.17, 15) is 18.0 Å². The topological polar surface area (TPSA) is 41.6 Å². The average molecular weight is 423 g/mol. The second-order valence-electron chi connectivity index (χ2n) is 7.01. The number of halogens is 4. The third-order valence-electron chi connectivity index (χ3n) is 5.13. The fraction of sp³-hybridized carbons (Fsp3) is 0.286. The lowest BCUT2D eigenvalue weighted by atomic mass is 10.0. The van der Waals surface area contributed by atoms with Crippen molar-refractivity contribution < 1.29 is 22.7 Å². The molecule has 0 aromatic heterocycles. The van der Waals surface area contributed by atoms with Crippen LogP contribution in [0.2, 0.25) is 5.02 Å². The van der Waals surface area contributed by atoms with Gasteiger partial charge in [-0.05, 0) is 36.6 Å². The van der Waals surface area contributed by atoms with Gasteiger partial charge in [-0.2, -0.15) is 0 Å². The van der Waals surface area contributed by atoms with Gasteiger partial charge in [0.05, 0.1) is 16.4 Å². The van der Waals surface area contributed by atoms with Gasteiger partial charge in [0.2, 0.25) is 5.91 Å². The molecule has 0 spiro atoms. The summed E-state index contributed by atoms with van der Waals surface area (Å²) in [6.45, 7) is 1.22. The SMILES string of the molecule is O=C1CCc2c(OCC3=CCN(c4cc(F)c(Cl)cc4F)CC3)ccc(F)c2N1. The molecule has 0 aliphatic carbocycles.